The molecule has 0 radical (unpaired) electrons. The van der Waals surface area contributed by atoms with Crippen molar-refractivity contribution in [3.05, 3.63) is 0 Å². The summed E-state index contributed by atoms with van der Waals surface area (Å²) in [5, 5.41) is 0. The molecule has 2 bridgehead atoms. The summed E-state index contributed by atoms with van der Waals surface area (Å²) >= 11 is 0. The lowest BCUT2D eigenvalue weighted by Crippen LogP contribution is -2.49. The quantitative estimate of drug-likeness (QED) is 0.601. The molecule has 0 aromatic carbocycles. The van der Waals surface area contributed by atoms with Gasteiger partial charge in [-0.15, -0.1) is 0 Å². The summed E-state index contributed by atoms with van der Waals surface area (Å²) in [5.74, 6) is 0.977. The van der Waals surface area contributed by atoms with Crippen molar-refractivity contribution in [2.75, 3.05) is 14.1 Å². The van der Waals surface area contributed by atoms with Gasteiger partial charge in [0.2, 0.25) is 0 Å². The molecule has 2 aliphatic rings. The van der Waals surface area contributed by atoms with Crippen LogP contribution in [-0.4, -0.2) is 25.0 Å². The molecular formula is C12H23N. The highest BCUT2D eigenvalue weighted by molar-refractivity contribution is 5.11. The van der Waals surface area contributed by atoms with Crippen LogP contribution in [0, 0.1) is 16.7 Å². The molecule has 0 amide bonds. The Morgan fingerprint density at radius 2 is 1.77 bits per heavy atom. The lowest BCUT2D eigenvalue weighted by atomic mass is 9.68. The third-order valence-electron chi connectivity index (χ3n) is 4.71. The van der Waals surface area contributed by atoms with Crippen LogP contribution in [0.5, 0.6) is 0 Å². The van der Waals surface area contributed by atoms with E-state index in [0.29, 0.717) is 10.8 Å². The van der Waals surface area contributed by atoms with Gasteiger partial charge >= 0.3 is 0 Å². The summed E-state index contributed by atoms with van der Waals surface area (Å²) in [6, 6.07) is 0.791. The zero-order chi connectivity index (χ0) is 9.85. The van der Waals surface area contributed by atoms with Crippen LogP contribution in [0.1, 0.15) is 40.0 Å². The van der Waals surface area contributed by atoms with Crippen LogP contribution in [0.3, 0.4) is 0 Å². The molecule has 0 aliphatic heterocycles. The van der Waals surface area contributed by atoms with Crippen molar-refractivity contribution >= 4 is 0 Å². The van der Waals surface area contributed by atoms with Crippen molar-refractivity contribution in [1.29, 1.82) is 0 Å². The van der Waals surface area contributed by atoms with Gasteiger partial charge in [0.25, 0.3) is 0 Å². The Balaban J connectivity index is 2.34. The highest BCUT2D eigenvalue weighted by atomic mass is 15.1. The molecule has 3 atom stereocenters. The number of fused-ring (bicyclic) bond motifs is 2. The first kappa shape index (κ1) is 9.51. The highest BCUT2D eigenvalue weighted by Crippen LogP contribution is 2.63. The second-order valence-corrected chi connectivity index (χ2v) is 6.28. The van der Waals surface area contributed by atoms with Crippen molar-refractivity contribution in [2.24, 2.45) is 16.7 Å². The fraction of sp³-hybridized carbons (Fsp3) is 1.00. The normalized spacial score (nSPS) is 47.5. The molecule has 1 nitrogen and oxygen atoms in total. The van der Waals surface area contributed by atoms with E-state index in [1.54, 1.807) is 0 Å². The first-order chi connectivity index (χ1) is 5.88. The van der Waals surface area contributed by atoms with Crippen LogP contribution in [0.25, 0.3) is 0 Å². The molecule has 0 saturated heterocycles. The van der Waals surface area contributed by atoms with Gasteiger partial charge in [-0.05, 0) is 50.1 Å². The van der Waals surface area contributed by atoms with Gasteiger partial charge < -0.3 is 4.90 Å². The first-order valence-corrected chi connectivity index (χ1v) is 5.54. The Morgan fingerprint density at radius 3 is 2.08 bits per heavy atom. The van der Waals surface area contributed by atoms with E-state index in [-0.39, 0.29) is 0 Å². The Labute approximate surface area is 82.5 Å². The molecule has 0 aromatic rings. The fourth-order valence-corrected chi connectivity index (χ4v) is 4.56. The maximum atomic E-state index is 2.49. The average molecular weight is 181 g/mol. The van der Waals surface area contributed by atoms with E-state index in [1.165, 1.54) is 19.3 Å². The third kappa shape index (κ3) is 1.09. The average Bonchev–Trinajstić information content (AvgIpc) is 2.36. The summed E-state index contributed by atoms with van der Waals surface area (Å²) in [5.41, 5.74) is 1.15. The van der Waals surface area contributed by atoms with E-state index in [4.69, 9.17) is 0 Å². The number of hydrogen-bond acceptors (Lipinski definition) is 1. The molecule has 76 valence electrons. The Morgan fingerprint density at radius 1 is 1.15 bits per heavy atom. The number of rotatable bonds is 1. The van der Waals surface area contributed by atoms with Crippen molar-refractivity contribution in [2.45, 2.75) is 46.1 Å². The van der Waals surface area contributed by atoms with E-state index < -0.39 is 0 Å². The van der Waals surface area contributed by atoms with Gasteiger partial charge in [0, 0.05) is 6.04 Å². The molecule has 0 spiro atoms. The van der Waals surface area contributed by atoms with E-state index in [0.717, 1.165) is 12.0 Å². The zero-order valence-electron chi connectivity index (χ0n) is 9.72. The summed E-state index contributed by atoms with van der Waals surface area (Å²) in [6.07, 6.45) is 4.38. The maximum absolute atomic E-state index is 2.49. The third-order valence-corrected chi connectivity index (χ3v) is 4.71. The minimum Gasteiger partial charge on any atom is -0.305 e. The minimum absolute atomic E-state index is 0.538. The van der Waals surface area contributed by atoms with E-state index >= 15 is 0 Å². The standard InChI is InChI=1S/C12H23N/c1-11(2)9-6-7-12(3,8-9)10(11)13(4)5/h9-10H,6-8H2,1-5H3. The largest absolute Gasteiger partial charge is 0.305 e. The van der Waals surface area contributed by atoms with Crippen LogP contribution in [0.15, 0.2) is 0 Å². The van der Waals surface area contributed by atoms with Gasteiger partial charge in [-0.25, -0.2) is 0 Å². The van der Waals surface area contributed by atoms with Crippen molar-refractivity contribution in [1.82, 2.24) is 4.90 Å². The van der Waals surface area contributed by atoms with Gasteiger partial charge in [-0.1, -0.05) is 20.8 Å². The van der Waals surface area contributed by atoms with E-state index in [2.05, 4.69) is 39.8 Å². The first-order valence-electron chi connectivity index (χ1n) is 5.54. The molecule has 13 heavy (non-hydrogen) atoms. The SMILES string of the molecule is CN(C)C1C2(C)CCC(C2)C1(C)C. The van der Waals surface area contributed by atoms with Crippen molar-refractivity contribution in [3.8, 4) is 0 Å². The van der Waals surface area contributed by atoms with Gasteiger partial charge in [0.05, 0.1) is 0 Å². The van der Waals surface area contributed by atoms with Crippen LogP contribution >= 0.6 is 0 Å². The molecule has 0 aromatic heterocycles. The van der Waals surface area contributed by atoms with Crippen LogP contribution < -0.4 is 0 Å². The van der Waals surface area contributed by atoms with Gasteiger partial charge in [0.15, 0.2) is 0 Å². The predicted octanol–water partition coefficient (Wildman–Crippen LogP) is 2.76. The van der Waals surface area contributed by atoms with Gasteiger partial charge in [-0.2, -0.15) is 0 Å². The second-order valence-electron chi connectivity index (χ2n) is 6.28. The Hall–Kier alpha value is -0.0400. The molecular weight excluding hydrogens is 158 g/mol. The van der Waals surface area contributed by atoms with E-state index in [9.17, 15) is 0 Å². The summed E-state index contributed by atoms with van der Waals surface area (Å²) in [6.45, 7) is 7.42. The van der Waals surface area contributed by atoms with Gasteiger partial charge in [0.1, 0.15) is 0 Å². The molecule has 0 heterocycles. The summed E-state index contributed by atoms with van der Waals surface area (Å²) in [7, 11) is 4.50. The topological polar surface area (TPSA) is 3.24 Å². The maximum Gasteiger partial charge on any atom is 0.0197 e. The number of nitrogens with zero attached hydrogens (tertiary/aromatic N) is 1. The Bertz CT molecular complexity index is 214. The van der Waals surface area contributed by atoms with Gasteiger partial charge in [-0.3, -0.25) is 0 Å². The monoisotopic (exact) mass is 181 g/mol. The molecule has 0 N–H and O–H groups in total. The second kappa shape index (κ2) is 2.50. The minimum atomic E-state index is 0.538. The van der Waals surface area contributed by atoms with Crippen molar-refractivity contribution < 1.29 is 0 Å². The molecule has 3 unspecified atom stereocenters. The lowest BCUT2D eigenvalue weighted by Gasteiger charge is -2.46. The molecule has 2 saturated carbocycles. The smallest absolute Gasteiger partial charge is 0.0197 e. The van der Waals surface area contributed by atoms with Crippen LogP contribution in [-0.2, 0) is 0 Å². The Kier molecular flexibility index (Phi) is 1.83. The predicted molar refractivity (Wildman–Crippen MR) is 56.7 cm³/mol. The zero-order valence-corrected chi connectivity index (χ0v) is 9.72. The fourth-order valence-electron chi connectivity index (χ4n) is 4.56. The summed E-state index contributed by atoms with van der Waals surface area (Å²) in [4.78, 5) is 2.46. The molecule has 2 fully saturated rings. The summed E-state index contributed by atoms with van der Waals surface area (Å²) < 4.78 is 0. The molecule has 2 aliphatic carbocycles. The molecule has 1 heteroatoms. The van der Waals surface area contributed by atoms with Crippen molar-refractivity contribution in [3.63, 3.8) is 0 Å². The molecule has 2 rings (SSSR count). The lowest BCUT2D eigenvalue weighted by molar-refractivity contribution is 0.0348. The highest BCUT2D eigenvalue weighted by Gasteiger charge is 2.59. The van der Waals surface area contributed by atoms with Crippen LogP contribution in [0.2, 0.25) is 0 Å². The van der Waals surface area contributed by atoms with Crippen LogP contribution in [0.4, 0.5) is 0 Å². The number of hydrogen-bond donors (Lipinski definition) is 0. The van der Waals surface area contributed by atoms with E-state index in [1.807, 2.05) is 0 Å².